The molecular formula is C17H20N2O4. The zero-order valence-electron chi connectivity index (χ0n) is 13.0. The molecular weight excluding hydrogens is 296 g/mol. The Kier molecular flexibility index (Phi) is 6.23. The molecule has 0 aliphatic rings. The molecule has 6 heteroatoms. The van der Waals surface area contributed by atoms with Gasteiger partial charge in [-0.05, 0) is 31.2 Å². The fourth-order valence-corrected chi connectivity index (χ4v) is 1.90. The van der Waals surface area contributed by atoms with Crippen molar-refractivity contribution in [2.75, 3.05) is 6.61 Å². The third kappa shape index (κ3) is 5.86. The van der Waals surface area contributed by atoms with Crippen LogP contribution in [0.5, 0.6) is 5.75 Å². The van der Waals surface area contributed by atoms with Crippen LogP contribution in [-0.2, 0) is 16.1 Å². The predicted octanol–water partition coefficient (Wildman–Crippen LogP) is 1.87. The quantitative estimate of drug-likeness (QED) is 0.779. The van der Waals surface area contributed by atoms with Gasteiger partial charge < -0.3 is 19.8 Å². The molecule has 0 radical (unpaired) electrons. The van der Waals surface area contributed by atoms with E-state index < -0.39 is 6.04 Å². The number of hydrogen-bond acceptors (Lipinski definition) is 4. The molecule has 2 N–H and O–H groups in total. The van der Waals surface area contributed by atoms with E-state index in [-0.39, 0.29) is 24.8 Å². The third-order valence-corrected chi connectivity index (χ3v) is 3.13. The molecule has 1 atom stereocenters. The first-order chi connectivity index (χ1) is 11.1. The molecule has 122 valence electrons. The first-order valence-electron chi connectivity index (χ1n) is 7.42. The normalized spacial score (nSPS) is 11.5. The monoisotopic (exact) mass is 316 g/mol. The number of carbonyl (C=O) groups excluding carboxylic acids is 2. The summed E-state index contributed by atoms with van der Waals surface area (Å²) in [5, 5.41) is 5.33. The number of para-hydroxylation sites is 1. The minimum Gasteiger partial charge on any atom is -0.493 e. The van der Waals surface area contributed by atoms with E-state index in [1.165, 1.54) is 0 Å². The van der Waals surface area contributed by atoms with E-state index in [0.29, 0.717) is 18.1 Å². The van der Waals surface area contributed by atoms with Crippen molar-refractivity contribution in [2.24, 2.45) is 0 Å². The van der Waals surface area contributed by atoms with E-state index in [9.17, 15) is 9.59 Å². The number of hydrogen-bond donors (Lipinski definition) is 2. The minimum atomic E-state index is -0.616. The van der Waals surface area contributed by atoms with Gasteiger partial charge in [-0.1, -0.05) is 18.2 Å². The van der Waals surface area contributed by atoms with Crippen LogP contribution in [0.25, 0.3) is 0 Å². The summed E-state index contributed by atoms with van der Waals surface area (Å²) in [5.74, 6) is 0.873. The molecule has 23 heavy (non-hydrogen) atoms. The molecule has 1 heterocycles. The van der Waals surface area contributed by atoms with E-state index in [1.54, 1.807) is 25.3 Å². The molecule has 0 saturated carbocycles. The molecule has 1 aromatic heterocycles. The SMILES string of the molecule is C[C@H](NC(=O)CCOc1ccccc1)C(=O)NCc1ccco1. The van der Waals surface area contributed by atoms with Crippen molar-refractivity contribution in [2.45, 2.75) is 25.9 Å². The van der Waals surface area contributed by atoms with Gasteiger partial charge in [-0.25, -0.2) is 0 Å². The van der Waals surface area contributed by atoms with Gasteiger partial charge in [0.15, 0.2) is 0 Å². The van der Waals surface area contributed by atoms with Crippen LogP contribution in [0.4, 0.5) is 0 Å². The first kappa shape index (κ1) is 16.6. The highest BCUT2D eigenvalue weighted by Crippen LogP contribution is 2.08. The Morgan fingerprint density at radius 1 is 1.17 bits per heavy atom. The topological polar surface area (TPSA) is 80.6 Å². The van der Waals surface area contributed by atoms with Gasteiger partial charge in [0.1, 0.15) is 17.6 Å². The van der Waals surface area contributed by atoms with Crippen molar-refractivity contribution < 1.29 is 18.7 Å². The molecule has 1 aromatic carbocycles. The van der Waals surface area contributed by atoms with Crippen molar-refractivity contribution in [3.63, 3.8) is 0 Å². The van der Waals surface area contributed by atoms with Gasteiger partial charge in [-0.15, -0.1) is 0 Å². The summed E-state index contributed by atoms with van der Waals surface area (Å²) >= 11 is 0. The predicted molar refractivity (Wildman–Crippen MR) is 84.7 cm³/mol. The van der Waals surface area contributed by atoms with Crippen LogP contribution in [0.2, 0.25) is 0 Å². The highest BCUT2D eigenvalue weighted by atomic mass is 16.5. The van der Waals surface area contributed by atoms with Gasteiger partial charge in [0.2, 0.25) is 11.8 Å². The van der Waals surface area contributed by atoms with Crippen LogP contribution in [0.3, 0.4) is 0 Å². The van der Waals surface area contributed by atoms with Gasteiger partial charge in [-0.3, -0.25) is 9.59 Å². The second kappa shape index (κ2) is 8.63. The largest absolute Gasteiger partial charge is 0.493 e. The second-order valence-electron chi connectivity index (χ2n) is 5.00. The van der Waals surface area contributed by atoms with Crippen molar-refractivity contribution in [3.8, 4) is 5.75 Å². The van der Waals surface area contributed by atoms with Crippen LogP contribution >= 0.6 is 0 Å². The second-order valence-corrected chi connectivity index (χ2v) is 5.00. The zero-order chi connectivity index (χ0) is 16.5. The molecule has 0 spiro atoms. The molecule has 2 rings (SSSR count). The number of ether oxygens (including phenoxy) is 1. The fourth-order valence-electron chi connectivity index (χ4n) is 1.90. The van der Waals surface area contributed by atoms with Crippen LogP contribution in [0.15, 0.2) is 53.1 Å². The van der Waals surface area contributed by atoms with E-state index in [4.69, 9.17) is 9.15 Å². The average Bonchev–Trinajstić information content (AvgIpc) is 3.07. The molecule has 0 aliphatic heterocycles. The summed E-state index contributed by atoms with van der Waals surface area (Å²) in [6, 6.07) is 12.2. The maximum Gasteiger partial charge on any atom is 0.242 e. The number of rotatable bonds is 8. The van der Waals surface area contributed by atoms with E-state index >= 15 is 0 Å². The highest BCUT2D eigenvalue weighted by Gasteiger charge is 2.15. The Bertz CT molecular complexity index is 611. The molecule has 0 aliphatic carbocycles. The summed E-state index contributed by atoms with van der Waals surface area (Å²) in [7, 11) is 0. The average molecular weight is 316 g/mol. The van der Waals surface area contributed by atoms with Crippen molar-refractivity contribution >= 4 is 11.8 Å². The number of benzene rings is 1. The maximum absolute atomic E-state index is 11.9. The van der Waals surface area contributed by atoms with Crippen LogP contribution in [-0.4, -0.2) is 24.5 Å². The smallest absolute Gasteiger partial charge is 0.242 e. The van der Waals surface area contributed by atoms with Gasteiger partial charge >= 0.3 is 0 Å². The molecule has 0 bridgehead atoms. The molecule has 0 saturated heterocycles. The zero-order valence-corrected chi connectivity index (χ0v) is 13.0. The number of carbonyl (C=O) groups is 2. The molecule has 6 nitrogen and oxygen atoms in total. The summed E-state index contributed by atoms with van der Waals surface area (Å²) in [5.41, 5.74) is 0. The lowest BCUT2D eigenvalue weighted by atomic mass is 10.3. The van der Waals surface area contributed by atoms with Crippen molar-refractivity contribution in [3.05, 3.63) is 54.5 Å². The van der Waals surface area contributed by atoms with Crippen LogP contribution < -0.4 is 15.4 Å². The van der Waals surface area contributed by atoms with Gasteiger partial charge in [0, 0.05) is 0 Å². The summed E-state index contributed by atoms with van der Waals surface area (Å²) in [6.45, 7) is 2.19. The van der Waals surface area contributed by atoms with E-state index in [2.05, 4.69) is 10.6 Å². The number of nitrogens with one attached hydrogen (secondary N) is 2. The Balaban J connectivity index is 1.64. The van der Waals surface area contributed by atoms with Crippen LogP contribution in [0, 0.1) is 0 Å². The molecule has 0 fully saturated rings. The number of furan rings is 1. The Hall–Kier alpha value is -2.76. The molecule has 2 amide bonds. The fraction of sp³-hybridized carbons (Fsp3) is 0.294. The summed E-state index contributed by atoms with van der Waals surface area (Å²) in [4.78, 5) is 23.7. The Morgan fingerprint density at radius 2 is 1.96 bits per heavy atom. The minimum absolute atomic E-state index is 0.185. The van der Waals surface area contributed by atoms with Gasteiger partial charge in [0.25, 0.3) is 0 Å². The van der Waals surface area contributed by atoms with Gasteiger partial charge in [0.05, 0.1) is 25.8 Å². The summed E-state index contributed by atoms with van der Waals surface area (Å²) in [6.07, 6.45) is 1.73. The van der Waals surface area contributed by atoms with Gasteiger partial charge in [-0.2, -0.15) is 0 Å². The van der Waals surface area contributed by atoms with Crippen molar-refractivity contribution in [1.82, 2.24) is 10.6 Å². The summed E-state index contributed by atoms with van der Waals surface area (Å²) < 4.78 is 10.6. The lowest BCUT2D eigenvalue weighted by Gasteiger charge is -2.14. The number of amides is 2. The standard InChI is InChI=1S/C17H20N2O4/c1-13(17(21)18-12-15-8-5-10-22-15)19-16(20)9-11-23-14-6-3-2-4-7-14/h2-8,10,13H,9,11-12H2,1H3,(H,18,21)(H,19,20)/t13-/m0/s1. The molecule has 2 aromatic rings. The maximum atomic E-state index is 11.9. The Labute approximate surface area is 134 Å². The van der Waals surface area contributed by atoms with E-state index in [1.807, 2.05) is 30.3 Å². The van der Waals surface area contributed by atoms with Crippen LogP contribution in [0.1, 0.15) is 19.1 Å². The first-order valence-corrected chi connectivity index (χ1v) is 7.42. The third-order valence-electron chi connectivity index (χ3n) is 3.13. The van der Waals surface area contributed by atoms with E-state index in [0.717, 1.165) is 0 Å². The lowest BCUT2D eigenvalue weighted by Crippen LogP contribution is -2.44. The molecule has 0 unspecified atom stereocenters. The lowest BCUT2D eigenvalue weighted by molar-refractivity contribution is -0.129. The Morgan fingerprint density at radius 3 is 2.65 bits per heavy atom. The highest BCUT2D eigenvalue weighted by molar-refractivity contribution is 5.87. The van der Waals surface area contributed by atoms with Crippen molar-refractivity contribution in [1.29, 1.82) is 0 Å².